The van der Waals surface area contributed by atoms with Gasteiger partial charge in [0.1, 0.15) is 5.78 Å². The van der Waals surface area contributed by atoms with Crippen LogP contribution < -0.4 is 0 Å². The average molecular weight is 200 g/mol. The lowest BCUT2D eigenvalue weighted by atomic mass is 10.0. The topological polar surface area (TPSA) is 34.1 Å². The van der Waals surface area contributed by atoms with Gasteiger partial charge in [0.05, 0.1) is 13.3 Å². The first-order valence-corrected chi connectivity index (χ1v) is 7.12. The van der Waals surface area contributed by atoms with Gasteiger partial charge in [-0.1, -0.05) is 6.92 Å². The molecule has 74 valence electrons. The van der Waals surface area contributed by atoms with Crippen LogP contribution in [0, 0.1) is 17.8 Å². The lowest BCUT2D eigenvalue weighted by Gasteiger charge is -2.09. The molecule has 0 aromatic rings. The van der Waals surface area contributed by atoms with E-state index in [9.17, 15) is 9.36 Å². The summed E-state index contributed by atoms with van der Waals surface area (Å²) in [7, 11) is -2.21. The Bertz CT molecular complexity index is 277. The van der Waals surface area contributed by atoms with Crippen molar-refractivity contribution in [3.8, 4) is 11.8 Å². The molecule has 0 amide bonds. The second kappa shape index (κ2) is 5.25. The maximum Gasteiger partial charge on any atom is 0.143 e. The van der Waals surface area contributed by atoms with Crippen molar-refractivity contribution in [2.75, 3.05) is 19.5 Å². The van der Waals surface area contributed by atoms with Crippen LogP contribution in [0.25, 0.3) is 0 Å². The van der Waals surface area contributed by atoms with Crippen molar-refractivity contribution in [1.29, 1.82) is 0 Å². The van der Waals surface area contributed by atoms with Crippen molar-refractivity contribution < 1.29 is 9.36 Å². The molecule has 0 N–H and O–H groups in total. The summed E-state index contributed by atoms with van der Waals surface area (Å²) in [5.41, 5.74) is 0. The molecule has 0 heterocycles. The molecule has 0 rings (SSSR count). The number of rotatable bonds is 4. The van der Waals surface area contributed by atoms with Crippen molar-refractivity contribution in [3.05, 3.63) is 0 Å². The van der Waals surface area contributed by atoms with E-state index in [0.29, 0.717) is 6.42 Å². The number of carbonyl (C=O) groups excluding carboxylic acids is 1. The molecule has 0 aliphatic heterocycles. The lowest BCUT2D eigenvalue weighted by Crippen LogP contribution is -2.14. The Labute approximate surface area is 80.5 Å². The van der Waals surface area contributed by atoms with Crippen LogP contribution >= 0.6 is 7.14 Å². The first-order chi connectivity index (χ1) is 5.87. The minimum absolute atomic E-state index is 0.0658. The number of ketones is 1. The molecule has 0 bridgehead atoms. The minimum Gasteiger partial charge on any atom is -0.324 e. The molecule has 0 saturated carbocycles. The van der Waals surface area contributed by atoms with Gasteiger partial charge in [-0.05, 0) is 20.3 Å². The van der Waals surface area contributed by atoms with Gasteiger partial charge in [-0.15, -0.1) is 11.8 Å². The summed E-state index contributed by atoms with van der Waals surface area (Å²) < 4.78 is 11.3. The standard InChI is InChI=1S/C10H17O2P/c1-5-6-7-9(2)10(11)8-13(3,4)12/h9H,7-8H2,1-4H3. The summed E-state index contributed by atoms with van der Waals surface area (Å²) in [6.45, 7) is 6.87. The molecule has 0 aliphatic rings. The van der Waals surface area contributed by atoms with Crippen LogP contribution in [-0.4, -0.2) is 25.3 Å². The number of carbonyl (C=O) groups is 1. The largest absolute Gasteiger partial charge is 0.324 e. The summed E-state index contributed by atoms with van der Waals surface area (Å²) in [4.78, 5) is 11.4. The maximum atomic E-state index is 11.4. The zero-order chi connectivity index (χ0) is 10.5. The van der Waals surface area contributed by atoms with E-state index in [1.165, 1.54) is 0 Å². The van der Waals surface area contributed by atoms with Gasteiger partial charge in [0.15, 0.2) is 0 Å². The maximum absolute atomic E-state index is 11.4. The number of hydrogen-bond donors (Lipinski definition) is 0. The Kier molecular flexibility index (Phi) is 5.03. The van der Waals surface area contributed by atoms with Crippen LogP contribution in [0.1, 0.15) is 20.3 Å². The van der Waals surface area contributed by atoms with Gasteiger partial charge in [-0.25, -0.2) is 0 Å². The zero-order valence-electron chi connectivity index (χ0n) is 8.76. The highest BCUT2D eigenvalue weighted by Crippen LogP contribution is 2.36. The normalized spacial score (nSPS) is 12.9. The molecule has 1 unspecified atom stereocenters. The molecular weight excluding hydrogens is 183 g/mol. The van der Waals surface area contributed by atoms with Crippen molar-refractivity contribution in [2.24, 2.45) is 5.92 Å². The van der Waals surface area contributed by atoms with Crippen LogP contribution in [0.4, 0.5) is 0 Å². The predicted octanol–water partition coefficient (Wildman–Crippen LogP) is 2.23. The Morgan fingerprint density at radius 3 is 2.38 bits per heavy atom. The monoisotopic (exact) mass is 200 g/mol. The fourth-order valence-corrected chi connectivity index (χ4v) is 1.96. The summed E-state index contributed by atoms with van der Waals surface area (Å²) in [5, 5.41) is 0. The fourth-order valence-electron chi connectivity index (χ4n) is 0.900. The van der Waals surface area contributed by atoms with Crippen molar-refractivity contribution >= 4 is 12.9 Å². The summed E-state index contributed by atoms with van der Waals surface area (Å²) >= 11 is 0. The zero-order valence-corrected chi connectivity index (χ0v) is 9.65. The number of Topliss-reactive ketones (excluding diaryl/α,β-unsaturated/α-hetero) is 1. The SMILES string of the molecule is CC#CCC(C)C(=O)CP(C)(C)=O. The third-order valence-electron chi connectivity index (χ3n) is 1.67. The quantitative estimate of drug-likeness (QED) is 0.515. The van der Waals surface area contributed by atoms with Crippen LogP contribution in [0.2, 0.25) is 0 Å². The molecule has 0 aromatic carbocycles. The first kappa shape index (κ1) is 12.5. The third-order valence-corrected chi connectivity index (χ3v) is 2.74. The van der Waals surface area contributed by atoms with E-state index in [4.69, 9.17) is 0 Å². The fraction of sp³-hybridized carbons (Fsp3) is 0.700. The van der Waals surface area contributed by atoms with E-state index in [1.54, 1.807) is 20.3 Å². The highest BCUT2D eigenvalue weighted by atomic mass is 31.2. The summed E-state index contributed by atoms with van der Waals surface area (Å²) in [6.07, 6.45) is 0.787. The lowest BCUT2D eigenvalue weighted by molar-refractivity contribution is -0.119. The van der Waals surface area contributed by atoms with Crippen molar-refractivity contribution in [3.63, 3.8) is 0 Å². The highest BCUT2D eigenvalue weighted by molar-refractivity contribution is 7.63. The number of hydrogen-bond acceptors (Lipinski definition) is 2. The molecule has 0 radical (unpaired) electrons. The second-order valence-electron chi connectivity index (χ2n) is 3.73. The molecule has 0 spiro atoms. The van der Waals surface area contributed by atoms with E-state index < -0.39 is 7.14 Å². The van der Waals surface area contributed by atoms with Crippen LogP contribution in [0.3, 0.4) is 0 Å². The molecule has 13 heavy (non-hydrogen) atoms. The van der Waals surface area contributed by atoms with Gasteiger partial charge in [0.2, 0.25) is 0 Å². The van der Waals surface area contributed by atoms with E-state index in [0.717, 1.165) is 0 Å². The van der Waals surface area contributed by atoms with E-state index in [2.05, 4.69) is 11.8 Å². The van der Waals surface area contributed by atoms with E-state index in [-0.39, 0.29) is 17.9 Å². The Balaban J connectivity index is 4.10. The highest BCUT2D eigenvalue weighted by Gasteiger charge is 2.18. The van der Waals surface area contributed by atoms with E-state index in [1.807, 2.05) is 6.92 Å². The molecule has 2 nitrogen and oxygen atoms in total. The molecule has 0 saturated heterocycles. The van der Waals surface area contributed by atoms with Gasteiger partial charge < -0.3 is 4.57 Å². The predicted molar refractivity (Wildman–Crippen MR) is 56.6 cm³/mol. The van der Waals surface area contributed by atoms with Gasteiger partial charge in [0.25, 0.3) is 0 Å². The van der Waals surface area contributed by atoms with Gasteiger partial charge >= 0.3 is 0 Å². The third kappa shape index (κ3) is 6.61. The average Bonchev–Trinajstić information content (AvgIpc) is 1.96. The van der Waals surface area contributed by atoms with Crippen molar-refractivity contribution in [1.82, 2.24) is 0 Å². The minimum atomic E-state index is -2.21. The molecule has 3 heteroatoms. The van der Waals surface area contributed by atoms with Gasteiger partial charge in [0, 0.05) is 12.3 Å². The van der Waals surface area contributed by atoms with Gasteiger partial charge in [-0.3, -0.25) is 4.79 Å². The second-order valence-corrected chi connectivity index (χ2v) is 7.19. The molecular formula is C10H17O2P. The molecule has 0 aromatic heterocycles. The van der Waals surface area contributed by atoms with E-state index >= 15 is 0 Å². The Morgan fingerprint density at radius 1 is 1.46 bits per heavy atom. The van der Waals surface area contributed by atoms with Crippen LogP contribution in [0.5, 0.6) is 0 Å². The summed E-state index contributed by atoms with van der Waals surface area (Å²) in [5.74, 6) is 5.58. The summed E-state index contributed by atoms with van der Waals surface area (Å²) in [6, 6.07) is 0. The van der Waals surface area contributed by atoms with Gasteiger partial charge in [-0.2, -0.15) is 0 Å². The molecule has 0 aliphatic carbocycles. The Morgan fingerprint density at radius 2 is 2.00 bits per heavy atom. The molecule has 0 fully saturated rings. The van der Waals surface area contributed by atoms with Crippen molar-refractivity contribution in [2.45, 2.75) is 20.3 Å². The molecule has 1 atom stereocenters. The Hall–Kier alpha value is -0.540. The smallest absolute Gasteiger partial charge is 0.143 e. The first-order valence-electron chi connectivity index (χ1n) is 4.33. The van der Waals surface area contributed by atoms with Crippen LogP contribution in [-0.2, 0) is 9.36 Å². The van der Waals surface area contributed by atoms with Crippen LogP contribution in [0.15, 0.2) is 0 Å².